The van der Waals surface area contributed by atoms with Crippen LogP contribution in [0.2, 0.25) is 0 Å². The number of nitrogens with zero attached hydrogens (tertiary/aromatic N) is 3. The zero-order valence-electron chi connectivity index (χ0n) is 14.7. The van der Waals surface area contributed by atoms with Gasteiger partial charge in [-0.1, -0.05) is 24.3 Å². The highest BCUT2D eigenvalue weighted by atomic mass is 16.5. The van der Waals surface area contributed by atoms with E-state index in [4.69, 9.17) is 4.74 Å². The average Bonchev–Trinajstić information content (AvgIpc) is 3.10. The SMILES string of the molecule is COc1ncc(C(=O)NCCN2CC[C@@H](c3ccccc3C)C2)cn1. The molecule has 132 valence electrons. The number of rotatable bonds is 6. The summed E-state index contributed by atoms with van der Waals surface area (Å²) in [6.07, 6.45) is 4.13. The summed E-state index contributed by atoms with van der Waals surface area (Å²) < 4.78 is 4.89. The molecule has 25 heavy (non-hydrogen) atoms. The lowest BCUT2D eigenvalue weighted by atomic mass is 9.94. The fourth-order valence-electron chi connectivity index (χ4n) is 3.30. The van der Waals surface area contributed by atoms with Crippen LogP contribution in [-0.2, 0) is 0 Å². The molecule has 0 aliphatic carbocycles. The number of methoxy groups -OCH3 is 1. The Kier molecular flexibility index (Phi) is 5.60. The summed E-state index contributed by atoms with van der Waals surface area (Å²) in [6.45, 7) is 5.76. The molecule has 1 amide bonds. The molecule has 1 aliphatic heterocycles. The molecule has 1 fully saturated rings. The van der Waals surface area contributed by atoms with E-state index in [9.17, 15) is 4.79 Å². The number of aryl methyl sites for hydroxylation is 1. The van der Waals surface area contributed by atoms with Gasteiger partial charge in [0, 0.05) is 32.0 Å². The highest BCUT2D eigenvalue weighted by Crippen LogP contribution is 2.28. The van der Waals surface area contributed by atoms with Gasteiger partial charge in [-0.25, -0.2) is 9.97 Å². The van der Waals surface area contributed by atoms with Gasteiger partial charge in [0.1, 0.15) is 0 Å². The molecule has 3 rings (SSSR count). The Balaban J connectivity index is 1.45. The van der Waals surface area contributed by atoms with Crippen molar-refractivity contribution in [3.63, 3.8) is 0 Å². The first kappa shape index (κ1) is 17.4. The first-order valence-corrected chi connectivity index (χ1v) is 8.59. The third kappa shape index (κ3) is 4.33. The second-order valence-corrected chi connectivity index (χ2v) is 6.36. The summed E-state index contributed by atoms with van der Waals surface area (Å²) in [5.41, 5.74) is 3.26. The molecule has 1 aromatic heterocycles. The number of carbonyl (C=O) groups is 1. The van der Waals surface area contributed by atoms with Crippen molar-refractivity contribution in [2.75, 3.05) is 33.3 Å². The minimum atomic E-state index is -0.155. The second kappa shape index (κ2) is 8.07. The van der Waals surface area contributed by atoms with E-state index >= 15 is 0 Å². The van der Waals surface area contributed by atoms with Gasteiger partial charge in [-0.2, -0.15) is 0 Å². The van der Waals surface area contributed by atoms with Gasteiger partial charge in [-0.15, -0.1) is 0 Å². The fraction of sp³-hybridized carbons (Fsp3) is 0.421. The Morgan fingerprint density at radius 1 is 1.32 bits per heavy atom. The van der Waals surface area contributed by atoms with Crippen molar-refractivity contribution in [2.45, 2.75) is 19.3 Å². The maximum absolute atomic E-state index is 12.1. The summed E-state index contributed by atoms with van der Waals surface area (Å²) in [5, 5.41) is 2.93. The lowest BCUT2D eigenvalue weighted by Crippen LogP contribution is -2.33. The number of aromatic nitrogens is 2. The van der Waals surface area contributed by atoms with Crippen LogP contribution in [0.4, 0.5) is 0 Å². The van der Waals surface area contributed by atoms with Crippen molar-refractivity contribution in [2.24, 2.45) is 0 Å². The van der Waals surface area contributed by atoms with Crippen molar-refractivity contribution in [1.29, 1.82) is 0 Å². The lowest BCUT2D eigenvalue weighted by molar-refractivity contribution is 0.0949. The van der Waals surface area contributed by atoms with Crippen LogP contribution in [0.5, 0.6) is 6.01 Å². The smallest absolute Gasteiger partial charge is 0.316 e. The van der Waals surface area contributed by atoms with E-state index in [1.807, 2.05) is 0 Å². The normalized spacial score (nSPS) is 17.4. The minimum Gasteiger partial charge on any atom is -0.467 e. The Morgan fingerprint density at radius 3 is 2.80 bits per heavy atom. The molecule has 2 aromatic rings. The molecule has 0 radical (unpaired) electrons. The van der Waals surface area contributed by atoms with Gasteiger partial charge in [0.2, 0.25) is 0 Å². The summed E-state index contributed by atoms with van der Waals surface area (Å²) >= 11 is 0. The highest BCUT2D eigenvalue weighted by molar-refractivity contribution is 5.93. The summed E-state index contributed by atoms with van der Waals surface area (Å²) in [7, 11) is 1.50. The largest absolute Gasteiger partial charge is 0.467 e. The maximum Gasteiger partial charge on any atom is 0.316 e. The number of likely N-dealkylation sites (tertiary alicyclic amines) is 1. The third-order valence-corrected chi connectivity index (χ3v) is 4.69. The van der Waals surface area contributed by atoms with E-state index in [0.717, 1.165) is 19.6 Å². The van der Waals surface area contributed by atoms with Crippen LogP contribution in [0.15, 0.2) is 36.7 Å². The van der Waals surface area contributed by atoms with Crippen LogP contribution in [0.1, 0.15) is 33.8 Å². The van der Waals surface area contributed by atoms with Crippen molar-refractivity contribution >= 4 is 5.91 Å². The van der Waals surface area contributed by atoms with Gasteiger partial charge in [0.15, 0.2) is 0 Å². The third-order valence-electron chi connectivity index (χ3n) is 4.69. The average molecular weight is 340 g/mol. The van der Waals surface area contributed by atoms with Gasteiger partial charge in [-0.3, -0.25) is 4.79 Å². The summed E-state index contributed by atoms with van der Waals surface area (Å²) in [5.74, 6) is 0.434. The second-order valence-electron chi connectivity index (χ2n) is 6.36. The van der Waals surface area contributed by atoms with Gasteiger partial charge >= 0.3 is 6.01 Å². The van der Waals surface area contributed by atoms with Gasteiger partial charge in [0.25, 0.3) is 5.91 Å². The molecule has 6 nitrogen and oxygen atoms in total. The van der Waals surface area contributed by atoms with Crippen molar-refractivity contribution < 1.29 is 9.53 Å². The zero-order valence-corrected chi connectivity index (χ0v) is 14.7. The van der Waals surface area contributed by atoms with Gasteiger partial charge in [0.05, 0.1) is 12.7 Å². The first-order valence-electron chi connectivity index (χ1n) is 8.59. The molecule has 1 aromatic carbocycles. The van der Waals surface area contributed by atoms with Crippen LogP contribution < -0.4 is 10.1 Å². The van der Waals surface area contributed by atoms with Crippen LogP contribution in [-0.4, -0.2) is 54.1 Å². The predicted octanol–water partition coefficient (Wildman–Crippen LogP) is 2.01. The Hall–Kier alpha value is -2.47. The van der Waals surface area contributed by atoms with E-state index in [-0.39, 0.29) is 11.9 Å². The standard InChI is InChI=1S/C19H24N4O2/c1-14-5-3-4-6-17(14)15-7-9-23(13-15)10-8-20-18(24)16-11-21-19(25-2)22-12-16/h3-6,11-12,15H,7-10,13H2,1-2H3,(H,20,24)/t15-/m1/s1. The molecule has 1 aliphatic rings. The van der Waals surface area contributed by atoms with Gasteiger partial charge < -0.3 is 15.0 Å². The number of hydrogen-bond acceptors (Lipinski definition) is 5. The van der Waals surface area contributed by atoms with E-state index < -0.39 is 0 Å². The van der Waals surface area contributed by atoms with Crippen LogP contribution in [0.25, 0.3) is 0 Å². The van der Waals surface area contributed by atoms with Gasteiger partial charge in [-0.05, 0) is 36.9 Å². The molecule has 1 N–H and O–H groups in total. The molecule has 2 heterocycles. The maximum atomic E-state index is 12.1. The number of benzene rings is 1. The molecular formula is C19H24N4O2. The fourth-order valence-corrected chi connectivity index (χ4v) is 3.30. The molecule has 0 unspecified atom stereocenters. The minimum absolute atomic E-state index is 0.155. The monoisotopic (exact) mass is 340 g/mol. The summed E-state index contributed by atoms with van der Waals surface area (Å²) in [4.78, 5) is 22.4. The molecule has 1 saturated heterocycles. The molecule has 0 spiro atoms. The number of carbonyl (C=O) groups excluding carboxylic acids is 1. The summed E-state index contributed by atoms with van der Waals surface area (Å²) in [6, 6.07) is 8.87. The number of hydrogen-bond donors (Lipinski definition) is 1. The van der Waals surface area contributed by atoms with Crippen molar-refractivity contribution in [3.05, 3.63) is 53.3 Å². The molecule has 0 bridgehead atoms. The van der Waals surface area contributed by atoms with Crippen LogP contribution in [0.3, 0.4) is 0 Å². The number of amides is 1. The Bertz CT molecular complexity index is 718. The number of ether oxygens (including phenoxy) is 1. The quantitative estimate of drug-likeness (QED) is 0.871. The van der Waals surface area contributed by atoms with E-state index in [1.54, 1.807) is 0 Å². The molecule has 1 atom stereocenters. The van der Waals surface area contributed by atoms with E-state index in [2.05, 4.69) is 51.4 Å². The molecular weight excluding hydrogens is 316 g/mol. The Labute approximate surface area is 148 Å². The van der Waals surface area contributed by atoms with E-state index in [1.165, 1.54) is 37.1 Å². The predicted molar refractivity (Wildman–Crippen MR) is 95.9 cm³/mol. The lowest BCUT2D eigenvalue weighted by Gasteiger charge is -2.17. The highest BCUT2D eigenvalue weighted by Gasteiger charge is 2.24. The topological polar surface area (TPSA) is 67.3 Å². The zero-order chi connectivity index (χ0) is 17.6. The van der Waals surface area contributed by atoms with Crippen LogP contribution in [0, 0.1) is 6.92 Å². The number of nitrogens with one attached hydrogen (secondary N) is 1. The van der Waals surface area contributed by atoms with Crippen LogP contribution >= 0.6 is 0 Å². The molecule has 0 saturated carbocycles. The van der Waals surface area contributed by atoms with Crippen molar-refractivity contribution in [1.82, 2.24) is 20.2 Å². The first-order chi connectivity index (χ1) is 12.2. The van der Waals surface area contributed by atoms with Crippen molar-refractivity contribution in [3.8, 4) is 6.01 Å². The van der Waals surface area contributed by atoms with E-state index in [0.29, 0.717) is 18.0 Å². The Morgan fingerprint density at radius 2 is 2.08 bits per heavy atom. The molecule has 6 heteroatoms.